The van der Waals surface area contributed by atoms with E-state index in [0.29, 0.717) is 6.04 Å². The van der Waals surface area contributed by atoms with Gasteiger partial charge in [0.05, 0.1) is 0 Å². The summed E-state index contributed by atoms with van der Waals surface area (Å²) in [5, 5.41) is 3.51. The Morgan fingerprint density at radius 1 is 1.04 bits per heavy atom. The number of aromatic nitrogens is 3. The van der Waals surface area contributed by atoms with Crippen LogP contribution < -0.4 is 10.2 Å². The van der Waals surface area contributed by atoms with Crippen LogP contribution in [0.5, 0.6) is 0 Å². The first-order valence-electron chi connectivity index (χ1n) is 9.09. The van der Waals surface area contributed by atoms with Crippen LogP contribution in [-0.2, 0) is 6.42 Å². The standard InChI is InChI=1S/C21H23N5/c1-26(14-11-16-9-12-22-13-10-16)20-15-19(23-18-7-8-18)24-21(25-20)17-5-3-2-4-6-17/h2-6,9-10,12-13,15,18H,7-8,11,14H2,1H3,(H,23,24,25). The molecule has 0 spiro atoms. The molecule has 0 unspecified atom stereocenters. The van der Waals surface area contributed by atoms with E-state index in [1.165, 1.54) is 18.4 Å². The number of nitrogens with one attached hydrogen (secondary N) is 1. The molecule has 2 heterocycles. The molecule has 26 heavy (non-hydrogen) atoms. The van der Waals surface area contributed by atoms with E-state index in [0.717, 1.165) is 36.0 Å². The third-order valence-electron chi connectivity index (χ3n) is 4.55. The van der Waals surface area contributed by atoms with Crippen LogP contribution in [0.1, 0.15) is 18.4 Å². The van der Waals surface area contributed by atoms with E-state index < -0.39 is 0 Å². The Morgan fingerprint density at radius 3 is 2.54 bits per heavy atom. The number of benzene rings is 1. The van der Waals surface area contributed by atoms with Crippen LogP contribution in [0.25, 0.3) is 11.4 Å². The topological polar surface area (TPSA) is 53.9 Å². The van der Waals surface area contributed by atoms with E-state index in [1.54, 1.807) is 0 Å². The fourth-order valence-corrected chi connectivity index (χ4v) is 2.82. The summed E-state index contributed by atoms with van der Waals surface area (Å²) in [6, 6.07) is 16.9. The van der Waals surface area contributed by atoms with Gasteiger partial charge in [0.2, 0.25) is 0 Å². The lowest BCUT2D eigenvalue weighted by molar-refractivity contribution is 0.855. The Hall–Kier alpha value is -2.95. The highest BCUT2D eigenvalue weighted by atomic mass is 15.2. The quantitative estimate of drug-likeness (QED) is 0.706. The minimum Gasteiger partial charge on any atom is -0.367 e. The number of anilines is 2. The van der Waals surface area contributed by atoms with Crippen molar-refractivity contribution >= 4 is 11.6 Å². The molecule has 5 nitrogen and oxygen atoms in total. The van der Waals surface area contributed by atoms with Crippen molar-refractivity contribution in [3.05, 3.63) is 66.5 Å². The van der Waals surface area contributed by atoms with Gasteiger partial charge in [-0.15, -0.1) is 0 Å². The van der Waals surface area contributed by atoms with E-state index in [-0.39, 0.29) is 0 Å². The molecule has 1 saturated carbocycles. The lowest BCUT2D eigenvalue weighted by atomic mass is 10.2. The van der Waals surface area contributed by atoms with Gasteiger partial charge in [0.1, 0.15) is 11.6 Å². The van der Waals surface area contributed by atoms with Gasteiger partial charge in [-0.1, -0.05) is 30.3 Å². The van der Waals surface area contributed by atoms with E-state index in [1.807, 2.05) is 30.6 Å². The van der Waals surface area contributed by atoms with Gasteiger partial charge in [0, 0.05) is 43.7 Å². The molecule has 0 bridgehead atoms. The zero-order chi connectivity index (χ0) is 17.8. The van der Waals surface area contributed by atoms with Crippen molar-refractivity contribution in [1.82, 2.24) is 15.0 Å². The second-order valence-corrected chi connectivity index (χ2v) is 6.75. The van der Waals surface area contributed by atoms with Gasteiger partial charge >= 0.3 is 0 Å². The van der Waals surface area contributed by atoms with Gasteiger partial charge in [-0.2, -0.15) is 0 Å². The number of hydrogen-bond donors (Lipinski definition) is 1. The summed E-state index contributed by atoms with van der Waals surface area (Å²) in [6.07, 6.45) is 7.07. The van der Waals surface area contributed by atoms with Crippen molar-refractivity contribution in [2.24, 2.45) is 0 Å². The van der Waals surface area contributed by atoms with Crippen LogP contribution >= 0.6 is 0 Å². The molecule has 1 N–H and O–H groups in total. The molecule has 1 aliphatic rings. The van der Waals surface area contributed by atoms with Crippen LogP contribution in [0, 0.1) is 0 Å². The fourth-order valence-electron chi connectivity index (χ4n) is 2.82. The van der Waals surface area contributed by atoms with Gasteiger partial charge < -0.3 is 10.2 Å². The third-order valence-corrected chi connectivity index (χ3v) is 4.55. The fraction of sp³-hybridized carbons (Fsp3) is 0.286. The minimum atomic E-state index is 0.559. The van der Waals surface area contributed by atoms with Crippen molar-refractivity contribution < 1.29 is 0 Å². The summed E-state index contributed by atoms with van der Waals surface area (Å²) in [7, 11) is 2.08. The Kier molecular flexibility index (Phi) is 4.78. The van der Waals surface area contributed by atoms with Crippen LogP contribution in [0.2, 0.25) is 0 Å². The van der Waals surface area contributed by atoms with Crippen LogP contribution in [-0.4, -0.2) is 34.6 Å². The van der Waals surface area contributed by atoms with Crippen molar-refractivity contribution in [2.75, 3.05) is 23.8 Å². The predicted octanol–water partition coefficient (Wildman–Crippen LogP) is 3.79. The highest BCUT2D eigenvalue weighted by Gasteiger charge is 2.22. The summed E-state index contributed by atoms with van der Waals surface area (Å²) in [5.41, 5.74) is 2.32. The largest absolute Gasteiger partial charge is 0.367 e. The molecule has 0 atom stereocenters. The summed E-state index contributed by atoms with van der Waals surface area (Å²) >= 11 is 0. The number of pyridine rings is 1. The highest BCUT2D eigenvalue weighted by Crippen LogP contribution is 2.27. The predicted molar refractivity (Wildman–Crippen MR) is 105 cm³/mol. The average molecular weight is 345 g/mol. The van der Waals surface area contributed by atoms with Gasteiger partial charge in [-0.05, 0) is 37.0 Å². The van der Waals surface area contributed by atoms with Crippen LogP contribution in [0.3, 0.4) is 0 Å². The summed E-state index contributed by atoms with van der Waals surface area (Å²) in [6.45, 7) is 0.887. The summed E-state index contributed by atoms with van der Waals surface area (Å²) < 4.78 is 0. The Labute approximate surface area is 154 Å². The van der Waals surface area contributed by atoms with Gasteiger partial charge in [-0.3, -0.25) is 4.98 Å². The number of rotatable bonds is 7. The lowest BCUT2D eigenvalue weighted by Gasteiger charge is -2.20. The summed E-state index contributed by atoms with van der Waals surface area (Å²) in [5.74, 6) is 2.62. The molecule has 5 heteroatoms. The van der Waals surface area contributed by atoms with Gasteiger partial charge in [-0.25, -0.2) is 9.97 Å². The highest BCUT2D eigenvalue weighted by molar-refractivity contribution is 5.62. The maximum absolute atomic E-state index is 4.81. The molecule has 1 aromatic carbocycles. The van der Waals surface area contributed by atoms with E-state index in [9.17, 15) is 0 Å². The normalized spacial score (nSPS) is 13.4. The van der Waals surface area contributed by atoms with E-state index >= 15 is 0 Å². The molecule has 0 saturated heterocycles. The lowest BCUT2D eigenvalue weighted by Crippen LogP contribution is -2.22. The van der Waals surface area contributed by atoms with Gasteiger partial charge in [0.25, 0.3) is 0 Å². The molecule has 1 fully saturated rings. The Morgan fingerprint density at radius 2 is 1.81 bits per heavy atom. The number of nitrogens with zero attached hydrogens (tertiary/aromatic N) is 4. The number of hydrogen-bond acceptors (Lipinski definition) is 5. The van der Waals surface area contributed by atoms with Crippen molar-refractivity contribution in [3.8, 4) is 11.4 Å². The molecule has 0 aliphatic heterocycles. The first-order valence-corrected chi connectivity index (χ1v) is 9.09. The van der Waals surface area contributed by atoms with Crippen LogP contribution in [0.15, 0.2) is 60.9 Å². The average Bonchev–Trinajstić information content (AvgIpc) is 3.51. The Bertz CT molecular complexity index is 847. The molecule has 3 aromatic rings. The molecule has 4 rings (SSSR count). The van der Waals surface area contributed by atoms with Crippen LogP contribution in [0.4, 0.5) is 11.6 Å². The monoisotopic (exact) mass is 345 g/mol. The first kappa shape index (κ1) is 16.5. The second kappa shape index (κ2) is 7.52. The maximum Gasteiger partial charge on any atom is 0.163 e. The molecular weight excluding hydrogens is 322 g/mol. The van der Waals surface area contributed by atoms with Crippen molar-refractivity contribution in [3.63, 3.8) is 0 Å². The molecule has 0 radical (unpaired) electrons. The smallest absolute Gasteiger partial charge is 0.163 e. The van der Waals surface area contributed by atoms with Gasteiger partial charge in [0.15, 0.2) is 5.82 Å². The Balaban J connectivity index is 1.57. The first-order chi connectivity index (χ1) is 12.8. The SMILES string of the molecule is CN(CCc1ccncc1)c1cc(NC2CC2)nc(-c2ccccc2)n1. The van der Waals surface area contributed by atoms with Crippen molar-refractivity contribution in [2.45, 2.75) is 25.3 Å². The zero-order valence-corrected chi connectivity index (χ0v) is 15.0. The third kappa shape index (κ3) is 4.17. The zero-order valence-electron chi connectivity index (χ0n) is 15.0. The molecular formula is C21H23N5. The molecule has 1 aliphatic carbocycles. The molecule has 2 aromatic heterocycles. The second-order valence-electron chi connectivity index (χ2n) is 6.75. The maximum atomic E-state index is 4.81. The van der Waals surface area contributed by atoms with Crippen molar-refractivity contribution in [1.29, 1.82) is 0 Å². The minimum absolute atomic E-state index is 0.559. The molecule has 132 valence electrons. The van der Waals surface area contributed by atoms with E-state index in [2.05, 4.69) is 52.6 Å². The molecule has 0 amide bonds. The summed E-state index contributed by atoms with van der Waals surface area (Å²) in [4.78, 5) is 15.8. The van der Waals surface area contributed by atoms with E-state index in [4.69, 9.17) is 9.97 Å². The number of likely N-dealkylation sites (N-methyl/N-ethyl adjacent to an activating group) is 1.